The Bertz CT molecular complexity index is 656. The standard InChI is InChI=1S/C13H13BrCl2O4S/c14-9-6-10(12(15)11(7-9)21(16,18)19)13(17)20-5-4-8-2-1-3-8/h6-8H,1-5H2. The lowest BCUT2D eigenvalue weighted by Crippen LogP contribution is -2.16. The zero-order valence-corrected chi connectivity index (χ0v) is 14.9. The molecule has 0 unspecified atom stereocenters. The van der Waals surface area contributed by atoms with Crippen molar-refractivity contribution in [1.29, 1.82) is 0 Å². The monoisotopic (exact) mass is 414 g/mol. The second kappa shape index (κ2) is 6.86. The van der Waals surface area contributed by atoms with Gasteiger partial charge in [0.2, 0.25) is 0 Å². The second-order valence-corrected chi connectivity index (χ2v) is 8.75. The lowest BCUT2D eigenvalue weighted by Gasteiger charge is -2.24. The van der Waals surface area contributed by atoms with Gasteiger partial charge in [0.1, 0.15) is 4.90 Å². The Morgan fingerprint density at radius 1 is 1.38 bits per heavy atom. The summed E-state index contributed by atoms with van der Waals surface area (Å²) in [7, 11) is 1.26. The van der Waals surface area contributed by atoms with E-state index in [1.807, 2.05) is 0 Å². The first-order chi connectivity index (χ1) is 9.79. The lowest BCUT2D eigenvalue weighted by molar-refractivity contribution is 0.0464. The summed E-state index contributed by atoms with van der Waals surface area (Å²) in [5.41, 5.74) is -0.0149. The SMILES string of the molecule is O=C(OCCC1CCC1)c1cc(Br)cc(S(=O)(=O)Cl)c1Cl. The number of carbonyl (C=O) groups excluding carboxylic acids is 1. The molecule has 1 aliphatic rings. The van der Waals surface area contributed by atoms with Crippen LogP contribution in [0.3, 0.4) is 0 Å². The van der Waals surface area contributed by atoms with Crippen LogP contribution in [0, 0.1) is 5.92 Å². The maximum Gasteiger partial charge on any atom is 0.339 e. The van der Waals surface area contributed by atoms with Gasteiger partial charge in [-0.05, 0) is 24.5 Å². The minimum absolute atomic E-state index is 0.0149. The molecule has 0 heterocycles. The third kappa shape index (κ3) is 4.34. The average Bonchev–Trinajstić information content (AvgIpc) is 2.33. The number of rotatable bonds is 5. The van der Waals surface area contributed by atoms with Crippen molar-refractivity contribution >= 4 is 53.2 Å². The average molecular weight is 416 g/mol. The van der Waals surface area contributed by atoms with E-state index in [0.29, 0.717) is 17.0 Å². The van der Waals surface area contributed by atoms with Crippen LogP contribution in [0.4, 0.5) is 0 Å². The maximum absolute atomic E-state index is 12.0. The number of esters is 1. The molecule has 2 rings (SSSR count). The molecule has 0 bridgehead atoms. The molecule has 1 aliphatic carbocycles. The molecule has 1 aromatic rings. The predicted molar refractivity (Wildman–Crippen MR) is 84.4 cm³/mol. The number of hydrogen-bond acceptors (Lipinski definition) is 4. The Hall–Kier alpha value is -0.300. The minimum Gasteiger partial charge on any atom is -0.462 e. The summed E-state index contributed by atoms with van der Waals surface area (Å²) in [5, 5.41) is -0.221. The summed E-state index contributed by atoms with van der Waals surface area (Å²) in [6.07, 6.45) is 4.39. The maximum atomic E-state index is 12.0. The molecule has 0 saturated heterocycles. The zero-order valence-electron chi connectivity index (χ0n) is 10.9. The molecule has 0 aromatic heterocycles. The molecule has 1 saturated carbocycles. The topological polar surface area (TPSA) is 60.4 Å². The van der Waals surface area contributed by atoms with E-state index < -0.39 is 15.0 Å². The molecule has 1 aromatic carbocycles. The van der Waals surface area contributed by atoms with Crippen LogP contribution in [0.15, 0.2) is 21.5 Å². The Labute approximate surface area is 141 Å². The minimum atomic E-state index is -4.04. The molecule has 0 spiro atoms. The molecule has 0 atom stereocenters. The third-order valence-corrected chi connectivity index (χ3v) is 5.79. The Kier molecular flexibility index (Phi) is 5.57. The summed E-state index contributed by atoms with van der Waals surface area (Å²) in [4.78, 5) is 11.7. The van der Waals surface area contributed by atoms with Gasteiger partial charge in [-0.2, -0.15) is 0 Å². The van der Waals surface area contributed by atoms with E-state index in [0.717, 1.165) is 6.42 Å². The van der Waals surface area contributed by atoms with E-state index in [9.17, 15) is 13.2 Å². The first kappa shape index (κ1) is 17.1. The van der Waals surface area contributed by atoms with Gasteiger partial charge in [0, 0.05) is 15.2 Å². The first-order valence-electron chi connectivity index (χ1n) is 6.40. The zero-order chi connectivity index (χ0) is 15.6. The molecule has 4 nitrogen and oxygen atoms in total. The van der Waals surface area contributed by atoms with Gasteiger partial charge >= 0.3 is 5.97 Å². The van der Waals surface area contributed by atoms with E-state index >= 15 is 0 Å². The summed E-state index contributed by atoms with van der Waals surface area (Å²) < 4.78 is 28.4. The molecule has 0 amide bonds. The fourth-order valence-electron chi connectivity index (χ4n) is 2.07. The molecule has 116 valence electrons. The molecule has 0 N–H and O–H groups in total. The number of benzene rings is 1. The van der Waals surface area contributed by atoms with Crippen LogP contribution in [-0.4, -0.2) is 21.0 Å². The predicted octanol–water partition coefficient (Wildman–Crippen LogP) is 4.38. The van der Waals surface area contributed by atoms with Crippen LogP contribution in [0.5, 0.6) is 0 Å². The van der Waals surface area contributed by atoms with Crippen LogP contribution in [0.2, 0.25) is 5.02 Å². The van der Waals surface area contributed by atoms with Crippen LogP contribution >= 0.6 is 38.2 Å². The molecule has 0 radical (unpaired) electrons. The van der Waals surface area contributed by atoms with E-state index in [4.69, 9.17) is 27.0 Å². The van der Waals surface area contributed by atoms with Gasteiger partial charge in [-0.15, -0.1) is 0 Å². The highest BCUT2D eigenvalue weighted by atomic mass is 79.9. The molecule has 21 heavy (non-hydrogen) atoms. The summed E-state index contributed by atoms with van der Waals surface area (Å²) >= 11 is 9.09. The van der Waals surface area contributed by atoms with Gasteiger partial charge < -0.3 is 4.74 Å². The third-order valence-electron chi connectivity index (χ3n) is 3.47. The van der Waals surface area contributed by atoms with Crippen molar-refractivity contribution in [3.63, 3.8) is 0 Å². The van der Waals surface area contributed by atoms with E-state index in [1.165, 1.54) is 31.4 Å². The van der Waals surface area contributed by atoms with Crippen molar-refractivity contribution in [3.8, 4) is 0 Å². The Morgan fingerprint density at radius 2 is 2.05 bits per heavy atom. The Morgan fingerprint density at radius 3 is 2.57 bits per heavy atom. The Balaban J connectivity index is 2.14. The molecular weight excluding hydrogens is 403 g/mol. The largest absolute Gasteiger partial charge is 0.462 e. The van der Waals surface area contributed by atoms with Crippen molar-refractivity contribution in [3.05, 3.63) is 27.2 Å². The van der Waals surface area contributed by atoms with Gasteiger partial charge in [0.25, 0.3) is 9.05 Å². The van der Waals surface area contributed by atoms with Crippen molar-refractivity contribution < 1.29 is 17.9 Å². The van der Waals surface area contributed by atoms with Crippen LogP contribution in [0.1, 0.15) is 36.0 Å². The smallest absolute Gasteiger partial charge is 0.339 e. The molecular formula is C13H13BrCl2O4S. The quantitative estimate of drug-likeness (QED) is 0.528. The van der Waals surface area contributed by atoms with Crippen LogP contribution < -0.4 is 0 Å². The van der Waals surface area contributed by atoms with Gasteiger partial charge in [-0.3, -0.25) is 0 Å². The van der Waals surface area contributed by atoms with Crippen LogP contribution in [0.25, 0.3) is 0 Å². The van der Waals surface area contributed by atoms with Gasteiger partial charge in [-0.1, -0.05) is 46.8 Å². The highest BCUT2D eigenvalue weighted by Crippen LogP contribution is 2.33. The van der Waals surface area contributed by atoms with Crippen molar-refractivity contribution in [2.75, 3.05) is 6.61 Å². The first-order valence-corrected chi connectivity index (χ1v) is 9.88. The van der Waals surface area contributed by atoms with Crippen molar-refractivity contribution in [2.24, 2.45) is 5.92 Å². The molecule has 0 aliphatic heterocycles. The fraction of sp³-hybridized carbons (Fsp3) is 0.462. The van der Waals surface area contributed by atoms with Gasteiger partial charge in [0.05, 0.1) is 17.2 Å². The van der Waals surface area contributed by atoms with E-state index in [-0.39, 0.29) is 15.5 Å². The number of halogens is 3. The second-order valence-electron chi connectivity index (χ2n) is 4.92. The summed E-state index contributed by atoms with van der Waals surface area (Å²) in [6, 6.07) is 2.66. The summed E-state index contributed by atoms with van der Waals surface area (Å²) in [5.74, 6) is -0.0308. The molecule has 1 fully saturated rings. The van der Waals surface area contributed by atoms with E-state index in [1.54, 1.807) is 0 Å². The van der Waals surface area contributed by atoms with Gasteiger partial charge in [0.15, 0.2) is 0 Å². The van der Waals surface area contributed by atoms with E-state index in [2.05, 4.69) is 15.9 Å². The van der Waals surface area contributed by atoms with Crippen molar-refractivity contribution in [1.82, 2.24) is 0 Å². The highest BCUT2D eigenvalue weighted by Gasteiger charge is 2.23. The lowest BCUT2D eigenvalue weighted by atomic mass is 9.83. The van der Waals surface area contributed by atoms with Crippen LogP contribution in [-0.2, 0) is 13.8 Å². The van der Waals surface area contributed by atoms with Gasteiger partial charge in [-0.25, -0.2) is 13.2 Å². The number of carbonyl (C=O) groups is 1. The summed E-state index contributed by atoms with van der Waals surface area (Å²) in [6.45, 7) is 0.301. The number of hydrogen-bond donors (Lipinski definition) is 0. The normalized spacial score (nSPS) is 15.6. The molecule has 8 heteroatoms. The van der Waals surface area contributed by atoms with Crippen molar-refractivity contribution in [2.45, 2.75) is 30.6 Å². The number of ether oxygens (including phenoxy) is 1. The highest BCUT2D eigenvalue weighted by molar-refractivity contribution is 9.10. The fourth-order valence-corrected chi connectivity index (χ4v) is 4.24.